The molecule has 1 amide bonds. The zero-order valence-electron chi connectivity index (χ0n) is 15.8. The van der Waals surface area contributed by atoms with Crippen LogP contribution in [0.5, 0.6) is 0 Å². The summed E-state index contributed by atoms with van der Waals surface area (Å²) in [5.41, 5.74) is 3.43. The van der Waals surface area contributed by atoms with E-state index in [4.69, 9.17) is 11.6 Å². The summed E-state index contributed by atoms with van der Waals surface area (Å²) in [4.78, 5) is 17.1. The third-order valence-corrected chi connectivity index (χ3v) is 5.90. The zero-order valence-corrected chi connectivity index (χ0v) is 16.6. The number of nitrogens with one attached hydrogen (secondary N) is 1. The zero-order chi connectivity index (χ0) is 19.5. The molecule has 1 atom stereocenters. The lowest BCUT2D eigenvalue weighted by Gasteiger charge is -2.36. The van der Waals surface area contributed by atoms with Gasteiger partial charge in [-0.3, -0.25) is 9.69 Å². The Balaban J connectivity index is 1.25. The molecule has 4 rings (SSSR count). The number of hydrogen-bond donors (Lipinski definition) is 1. The summed E-state index contributed by atoms with van der Waals surface area (Å²) in [6.45, 7) is 4.83. The van der Waals surface area contributed by atoms with Gasteiger partial charge in [-0.15, -0.1) is 0 Å². The minimum absolute atomic E-state index is 0.206. The van der Waals surface area contributed by atoms with E-state index in [0.29, 0.717) is 12.3 Å². The molecular formula is C22H25ClFN3O. The maximum atomic E-state index is 13.0. The van der Waals surface area contributed by atoms with Crippen LogP contribution in [-0.4, -0.2) is 48.4 Å². The van der Waals surface area contributed by atoms with Crippen molar-refractivity contribution in [3.63, 3.8) is 0 Å². The number of carbonyl (C=O) groups excluding carboxylic acids is 1. The first-order valence-electron chi connectivity index (χ1n) is 9.84. The standard InChI is InChI=1S/C22H25ClFN3O/c23-19-4-3-18-11-17(14-25-21(18)13-19)12-22(28)27-9-7-26(8-10-27)15-16-1-5-20(24)6-2-16/h1-6,13,17,25H,7-12,14-15H2. The Hall–Kier alpha value is -2.11. The molecule has 2 aromatic rings. The summed E-state index contributed by atoms with van der Waals surface area (Å²) in [6, 6.07) is 12.6. The fourth-order valence-corrected chi connectivity index (χ4v) is 4.22. The maximum Gasteiger partial charge on any atom is 0.223 e. The van der Waals surface area contributed by atoms with E-state index in [1.165, 1.54) is 17.7 Å². The smallest absolute Gasteiger partial charge is 0.223 e. The van der Waals surface area contributed by atoms with Crippen molar-refractivity contribution in [2.75, 3.05) is 38.0 Å². The van der Waals surface area contributed by atoms with Crippen LogP contribution in [-0.2, 0) is 17.8 Å². The second-order valence-corrected chi connectivity index (χ2v) is 8.18. The highest BCUT2D eigenvalue weighted by molar-refractivity contribution is 6.30. The number of halogens is 2. The molecule has 0 aliphatic carbocycles. The minimum Gasteiger partial charge on any atom is -0.384 e. The molecule has 2 heterocycles. The van der Waals surface area contributed by atoms with Crippen molar-refractivity contribution in [1.82, 2.24) is 9.80 Å². The summed E-state index contributed by atoms with van der Waals surface area (Å²) in [7, 11) is 0. The molecule has 2 aliphatic rings. The number of fused-ring (bicyclic) bond motifs is 1. The lowest BCUT2D eigenvalue weighted by Crippen LogP contribution is -2.48. The van der Waals surface area contributed by atoms with Crippen LogP contribution in [0.2, 0.25) is 5.02 Å². The molecule has 1 N–H and O–H groups in total. The van der Waals surface area contributed by atoms with Crippen LogP contribution >= 0.6 is 11.6 Å². The molecule has 0 aromatic heterocycles. The highest BCUT2D eigenvalue weighted by Gasteiger charge is 2.26. The lowest BCUT2D eigenvalue weighted by atomic mass is 9.91. The molecule has 0 saturated carbocycles. The van der Waals surface area contributed by atoms with Crippen LogP contribution in [0.1, 0.15) is 17.5 Å². The van der Waals surface area contributed by atoms with E-state index in [1.807, 2.05) is 29.2 Å². The minimum atomic E-state index is -0.206. The first-order chi connectivity index (χ1) is 13.6. The van der Waals surface area contributed by atoms with Gasteiger partial charge in [0.25, 0.3) is 0 Å². The predicted octanol–water partition coefficient (Wildman–Crippen LogP) is 3.80. The maximum absolute atomic E-state index is 13.0. The lowest BCUT2D eigenvalue weighted by molar-refractivity contribution is -0.134. The van der Waals surface area contributed by atoms with E-state index in [1.54, 1.807) is 0 Å². The number of hydrogen-bond acceptors (Lipinski definition) is 3. The Morgan fingerprint density at radius 3 is 2.61 bits per heavy atom. The van der Waals surface area contributed by atoms with Gasteiger partial charge in [0.15, 0.2) is 0 Å². The Labute approximate surface area is 170 Å². The van der Waals surface area contributed by atoms with Gasteiger partial charge < -0.3 is 10.2 Å². The Morgan fingerprint density at radius 1 is 1.11 bits per heavy atom. The summed E-state index contributed by atoms with van der Waals surface area (Å²) >= 11 is 6.05. The molecule has 0 spiro atoms. The summed E-state index contributed by atoms with van der Waals surface area (Å²) in [6.07, 6.45) is 1.49. The monoisotopic (exact) mass is 401 g/mol. The highest BCUT2D eigenvalue weighted by atomic mass is 35.5. The Bertz CT molecular complexity index is 834. The molecule has 148 valence electrons. The van der Waals surface area contributed by atoms with Crippen molar-refractivity contribution >= 4 is 23.2 Å². The summed E-state index contributed by atoms with van der Waals surface area (Å²) < 4.78 is 13.0. The van der Waals surface area contributed by atoms with Crippen LogP contribution < -0.4 is 5.32 Å². The fraction of sp³-hybridized carbons (Fsp3) is 0.409. The Morgan fingerprint density at radius 2 is 1.86 bits per heavy atom. The number of rotatable bonds is 4. The average Bonchev–Trinajstić information content (AvgIpc) is 2.70. The van der Waals surface area contributed by atoms with Crippen molar-refractivity contribution in [3.8, 4) is 0 Å². The number of anilines is 1. The van der Waals surface area contributed by atoms with Gasteiger partial charge in [0, 0.05) is 56.4 Å². The van der Waals surface area contributed by atoms with Crippen LogP contribution in [0.3, 0.4) is 0 Å². The van der Waals surface area contributed by atoms with Gasteiger partial charge in [-0.05, 0) is 47.7 Å². The quantitative estimate of drug-likeness (QED) is 0.846. The molecular weight excluding hydrogens is 377 g/mol. The number of carbonyl (C=O) groups is 1. The van der Waals surface area contributed by atoms with E-state index in [2.05, 4.69) is 16.3 Å². The van der Waals surface area contributed by atoms with E-state index in [9.17, 15) is 9.18 Å². The van der Waals surface area contributed by atoms with Crippen LogP contribution in [0.25, 0.3) is 0 Å². The molecule has 2 aromatic carbocycles. The molecule has 6 heteroatoms. The largest absolute Gasteiger partial charge is 0.384 e. The molecule has 0 radical (unpaired) electrons. The van der Waals surface area contributed by atoms with E-state index in [0.717, 1.165) is 62.0 Å². The van der Waals surface area contributed by atoms with Gasteiger partial charge in [0.1, 0.15) is 5.82 Å². The van der Waals surface area contributed by atoms with Crippen molar-refractivity contribution in [2.45, 2.75) is 19.4 Å². The summed E-state index contributed by atoms with van der Waals surface area (Å²) in [5.74, 6) is 0.353. The van der Waals surface area contributed by atoms with Crippen molar-refractivity contribution in [3.05, 3.63) is 64.4 Å². The van der Waals surface area contributed by atoms with E-state index in [-0.39, 0.29) is 11.7 Å². The number of piperazine rings is 1. The third kappa shape index (κ3) is 4.65. The van der Waals surface area contributed by atoms with Crippen LogP contribution in [0.4, 0.5) is 10.1 Å². The number of benzene rings is 2. The average molecular weight is 402 g/mol. The fourth-order valence-electron chi connectivity index (χ4n) is 4.05. The normalized spacial score (nSPS) is 19.8. The predicted molar refractivity (Wildman–Crippen MR) is 110 cm³/mol. The third-order valence-electron chi connectivity index (χ3n) is 5.67. The number of amides is 1. The van der Waals surface area contributed by atoms with Crippen LogP contribution in [0, 0.1) is 11.7 Å². The Kier molecular flexibility index (Phi) is 5.83. The van der Waals surface area contributed by atoms with Crippen molar-refractivity contribution < 1.29 is 9.18 Å². The molecule has 28 heavy (non-hydrogen) atoms. The van der Waals surface area contributed by atoms with Crippen molar-refractivity contribution in [2.24, 2.45) is 5.92 Å². The van der Waals surface area contributed by atoms with Gasteiger partial charge in [-0.25, -0.2) is 4.39 Å². The molecule has 1 saturated heterocycles. The van der Waals surface area contributed by atoms with Gasteiger partial charge in [-0.2, -0.15) is 0 Å². The van der Waals surface area contributed by atoms with Crippen molar-refractivity contribution in [1.29, 1.82) is 0 Å². The van der Waals surface area contributed by atoms with E-state index >= 15 is 0 Å². The first-order valence-corrected chi connectivity index (χ1v) is 10.2. The molecule has 1 unspecified atom stereocenters. The van der Waals surface area contributed by atoms with Crippen LogP contribution in [0.15, 0.2) is 42.5 Å². The molecule has 4 nitrogen and oxygen atoms in total. The molecule has 2 aliphatic heterocycles. The van der Waals surface area contributed by atoms with Gasteiger partial charge in [0.05, 0.1) is 0 Å². The number of nitrogens with zero attached hydrogens (tertiary/aromatic N) is 2. The van der Waals surface area contributed by atoms with E-state index < -0.39 is 0 Å². The summed E-state index contributed by atoms with van der Waals surface area (Å²) in [5, 5.41) is 4.15. The van der Waals surface area contributed by atoms with Gasteiger partial charge in [0.2, 0.25) is 5.91 Å². The molecule has 0 bridgehead atoms. The topological polar surface area (TPSA) is 35.6 Å². The second-order valence-electron chi connectivity index (χ2n) is 7.74. The van der Waals surface area contributed by atoms with Gasteiger partial charge >= 0.3 is 0 Å². The SMILES string of the molecule is O=C(CC1CNc2cc(Cl)ccc2C1)N1CCN(Cc2ccc(F)cc2)CC1. The van der Waals surface area contributed by atoms with Gasteiger partial charge in [-0.1, -0.05) is 29.8 Å². The molecule has 1 fully saturated rings. The first kappa shape index (κ1) is 19.2. The highest BCUT2D eigenvalue weighted by Crippen LogP contribution is 2.29. The second kappa shape index (κ2) is 8.50.